The van der Waals surface area contributed by atoms with Gasteiger partial charge in [-0.25, -0.2) is 0 Å². The van der Waals surface area contributed by atoms with Gasteiger partial charge in [0.1, 0.15) is 5.76 Å². The van der Waals surface area contributed by atoms with Crippen LogP contribution in [0, 0.1) is 11.3 Å². The average Bonchev–Trinajstić information content (AvgIpc) is 3.21. The van der Waals surface area contributed by atoms with E-state index in [1.165, 1.54) is 6.42 Å². The highest BCUT2D eigenvalue weighted by Gasteiger charge is 2.44. The van der Waals surface area contributed by atoms with E-state index in [1.54, 1.807) is 6.26 Å². The molecule has 1 N–H and O–H groups in total. The van der Waals surface area contributed by atoms with Crippen molar-refractivity contribution < 1.29 is 9.21 Å². The van der Waals surface area contributed by atoms with Gasteiger partial charge in [0.25, 0.3) is 0 Å². The summed E-state index contributed by atoms with van der Waals surface area (Å²) < 4.78 is 5.44. The Morgan fingerprint density at radius 1 is 1.43 bits per heavy atom. The molecule has 0 spiro atoms. The van der Waals surface area contributed by atoms with Crippen LogP contribution in [0.5, 0.6) is 0 Å². The lowest BCUT2D eigenvalue weighted by Gasteiger charge is -2.39. The molecule has 1 aromatic heterocycles. The van der Waals surface area contributed by atoms with Gasteiger partial charge >= 0.3 is 0 Å². The number of amides is 1. The molecule has 1 atom stereocenters. The van der Waals surface area contributed by atoms with E-state index in [4.69, 9.17) is 4.42 Å². The maximum absolute atomic E-state index is 13.1. The van der Waals surface area contributed by atoms with Crippen molar-refractivity contribution in [3.63, 3.8) is 0 Å². The largest absolute Gasteiger partial charge is 0.467 e. The minimum atomic E-state index is -0.303. The first-order valence-electron chi connectivity index (χ1n) is 8.13. The second-order valence-electron chi connectivity index (χ2n) is 7.01. The summed E-state index contributed by atoms with van der Waals surface area (Å²) >= 11 is 0. The van der Waals surface area contributed by atoms with Crippen LogP contribution in [0.4, 0.5) is 0 Å². The fourth-order valence-corrected chi connectivity index (χ4v) is 3.34. The molecule has 0 radical (unpaired) electrons. The van der Waals surface area contributed by atoms with E-state index >= 15 is 0 Å². The van der Waals surface area contributed by atoms with Crippen molar-refractivity contribution in [1.29, 1.82) is 0 Å². The van der Waals surface area contributed by atoms with Crippen molar-refractivity contribution in [2.45, 2.75) is 52.1 Å². The number of hydrogen-bond acceptors (Lipinski definition) is 3. The zero-order valence-corrected chi connectivity index (χ0v) is 13.1. The van der Waals surface area contributed by atoms with E-state index in [2.05, 4.69) is 19.2 Å². The third kappa shape index (κ3) is 3.15. The lowest BCUT2D eigenvalue weighted by molar-refractivity contribution is -0.145. The molecule has 21 heavy (non-hydrogen) atoms. The van der Waals surface area contributed by atoms with Crippen molar-refractivity contribution in [2.24, 2.45) is 11.3 Å². The molecular weight excluding hydrogens is 264 g/mol. The Hall–Kier alpha value is -1.29. The smallest absolute Gasteiger partial charge is 0.229 e. The van der Waals surface area contributed by atoms with Crippen LogP contribution in [0.2, 0.25) is 0 Å². The Labute approximate surface area is 126 Å². The first-order chi connectivity index (χ1) is 10.1. The predicted octanol–water partition coefficient (Wildman–Crippen LogP) is 2.80. The highest BCUT2D eigenvalue weighted by molar-refractivity contribution is 5.83. The summed E-state index contributed by atoms with van der Waals surface area (Å²) in [5.74, 6) is 1.60. The molecule has 1 unspecified atom stereocenters. The first-order valence-corrected chi connectivity index (χ1v) is 8.13. The van der Waals surface area contributed by atoms with Crippen LogP contribution in [-0.2, 0) is 11.3 Å². The average molecular weight is 290 g/mol. The third-order valence-electron chi connectivity index (χ3n) is 5.02. The maximum Gasteiger partial charge on any atom is 0.229 e. The Morgan fingerprint density at radius 3 is 2.81 bits per heavy atom. The Bertz CT molecular complexity index is 471. The summed E-state index contributed by atoms with van der Waals surface area (Å²) in [5, 5.41) is 3.44. The molecule has 1 amide bonds. The fourth-order valence-electron chi connectivity index (χ4n) is 3.34. The van der Waals surface area contributed by atoms with Gasteiger partial charge in [0.15, 0.2) is 0 Å². The molecule has 1 aliphatic heterocycles. The molecule has 0 bridgehead atoms. The van der Waals surface area contributed by atoms with Crippen LogP contribution in [0.15, 0.2) is 22.8 Å². The molecule has 1 aromatic rings. The summed E-state index contributed by atoms with van der Waals surface area (Å²) in [5.41, 5.74) is -0.303. The van der Waals surface area contributed by atoms with E-state index in [0.29, 0.717) is 18.5 Å². The van der Waals surface area contributed by atoms with Crippen LogP contribution in [0.1, 0.15) is 45.3 Å². The molecule has 4 heteroatoms. The number of carbonyl (C=O) groups is 1. The van der Waals surface area contributed by atoms with Crippen molar-refractivity contribution in [3.8, 4) is 0 Å². The highest BCUT2D eigenvalue weighted by atomic mass is 16.3. The molecule has 1 saturated carbocycles. The summed E-state index contributed by atoms with van der Waals surface area (Å²) in [6.45, 7) is 6.88. The van der Waals surface area contributed by atoms with E-state index in [9.17, 15) is 4.79 Å². The Kier molecular flexibility index (Phi) is 4.07. The third-order valence-corrected chi connectivity index (χ3v) is 5.02. The molecule has 0 aromatic carbocycles. The topological polar surface area (TPSA) is 45.5 Å². The minimum absolute atomic E-state index is 0.287. The van der Waals surface area contributed by atoms with Gasteiger partial charge in [0.2, 0.25) is 5.91 Å². The van der Waals surface area contributed by atoms with Gasteiger partial charge < -0.3 is 14.6 Å². The van der Waals surface area contributed by atoms with E-state index in [0.717, 1.165) is 38.1 Å². The fraction of sp³-hybridized carbons (Fsp3) is 0.706. The molecular formula is C17H26N2O2. The molecule has 3 rings (SSSR count). The molecule has 2 heterocycles. The lowest BCUT2D eigenvalue weighted by Crippen LogP contribution is -2.49. The molecule has 1 saturated heterocycles. The SMILES string of the molecule is CC(C)(C(=O)N(Cc1ccco1)C1CC1)C1CCCNC1. The van der Waals surface area contributed by atoms with Crippen LogP contribution < -0.4 is 5.32 Å². The number of nitrogens with one attached hydrogen (secondary N) is 1. The van der Waals surface area contributed by atoms with Crippen molar-refractivity contribution >= 4 is 5.91 Å². The molecule has 1 aliphatic carbocycles. The number of nitrogens with zero attached hydrogens (tertiary/aromatic N) is 1. The van der Waals surface area contributed by atoms with Crippen LogP contribution in [0.25, 0.3) is 0 Å². The second kappa shape index (κ2) is 5.84. The Morgan fingerprint density at radius 2 is 2.24 bits per heavy atom. The van der Waals surface area contributed by atoms with Gasteiger partial charge in [-0.2, -0.15) is 0 Å². The van der Waals surface area contributed by atoms with Crippen LogP contribution >= 0.6 is 0 Å². The van der Waals surface area contributed by atoms with Crippen molar-refractivity contribution in [3.05, 3.63) is 24.2 Å². The summed E-state index contributed by atoms with van der Waals surface area (Å²) in [4.78, 5) is 15.2. The predicted molar refractivity (Wildman–Crippen MR) is 81.7 cm³/mol. The molecule has 116 valence electrons. The number of rotatable bonds is 5. The molecule has 2 aliphatic rings. The standard InChI is InChI=1S/C17H26N2O2/c1-17(2,13-5-3-9-18-11-13)16(20)19(14-7-8-14)12-15-6-4-10-21-15/h4,6,10,13-14,18H,3,5,7-9,11-12H2,1-2H3. The van der Waals surface area contributed by atoms with Crippen molar-refractivity contribution in [2.75, 3.05) is 13.1 Å². The number of piperidine rings is 1. The summed E-state index contributed by atoms with van der Waals surface area (Å²) in [6, 6.07) is 4.26. The van der Waals surface area contributed by atoms with Crippen molar-refractivity contribution in [1.82, 2.24) is 10.2 Å². The number of carbonyl (C=O) groups excluding carboxylic acids is 1. The van der Waals surface area contributed by atoms with Gasteiger partial charge in [-0.15, -0.1) is 0 Å². The normalized spacial score (nSPS) is 23.0. The van der Waals surface area contributed by atoms with Gasteiger partial charge in [0, 0.05) is 11.5 Å². The minimum Gasteiger partial charge on any atom is -0.467 e. The van der Waals surface area contributed by atoms with Gasteiger partial charge in [0.05, 0.1) is 12.8 Å². The first kappa shape index (κ1) is 14.6. The quantitative estimate of drug-likeness (QED) is 0.907. The Balaban J connectivity index is 1.73. The lowest BCUT2D eigenvalue weighted by atomic mass is 9.74. The zero-order valence-electron chi connectivity index (χ0n) is 13.1. The van der Waals surface area contributed by atoms with Gasteiger partial charge in [-0.05, 0) is 56.8 Å². The summed E-state index contributed by atoms with van der Waals surface area (Å²) in [7, 11) is 0. The highest BCUT2D eigenvalue weighted by Crippen LogP contribution is 2.38. The van der Waals surface area contributed by atoms with E-state index < -0.39 is 0 Å². The zero-order chi connectivity index (χ0) is 14.9. The van der Waals surface area contributed by atoms with Gasteiger partial charge in [-0.3, -0.25) is 4.79 Å². The summed E-state index contributed by atoms with van der Waals surface area (Å²) in [6.07, 6.45) is 6.26. The van der Waals surface area contributed by atoms with Crippen LogP contribution in [0.3, 0.4) is 0 Å². The number of furan rings is 1. The molecule has 4 nitrogen and oxygen atoms in total. The number of hydrogen-bond donors (Lipinski definition) is 1. The van der Waals surface area contributed by atoms with Crippen LogP contribution in [-0.4, -0.2) is 29.9 Å². The maximum atomic E-state index is 13.1. The van der Waals surface area contributed by atoms with E-state index in [1.807, 2.05) is 17.0 Å². The second-order valence-corrected chi connectivity index (χ2v) is 7.01. The monoisotopic (exact) mass is 290 g/mol. The van der Waals surface area contributed by atoms with E-state index in [-0.39, 0.29) is 11.3 Å². The molecule has 2 fully saturated rings. The van der Waals surface area contributed by atoms with Gasteiger partial charge in [-0.1, -0.05) is 13.8 Å².